The van der Waals surface area contributed by atoms with E-state index in [1.165, 1.54) is 0 Å². The molecular formula is C41H25N5O. The minimum absolute atomic E-state index is 0.550. The maximum absolute atomic E-state index is 9.39. The molecule has 0 saturated carbocycles. The van der Waals surface area contributed by atoms with E-state index in [9.17, 15) is 5.26 Å². The molecule has 0 aliphatic carbocycles. The van der Waals surface area contributed by atoms with Crippen molar-refractivity contribution < 1.29 is 4.42 Å². The predicted octanol–water partition coefficient (Wildman–Crippen LogP) is 9.89. The lowest BCUT2D eigenvalue weighted by molar-refractivity contribution is 0.620. The second-order valence-electron chi connectivity index (χ2n) is 11.1. The van der Waals surface area contributed by atoms with Crippen LogP contribution in [0, 0.1) is 11.3 Å². The van der Waals surface area contributed by atoms with Crippen LogP contribution in [-0.4, -0.2) is 19.9 Å². The zero-order valence-electron chi connectivity index (χ0n) is 25.1. The number of rotatable bonds is 6. The van der Waals surface area contributed by atoms with Gasteiger partial charge in [-0.3, -0.25) is 0 Å². The van der Waals surface area contributed by atoms with Crippen molar-refractivity contribution >= 4 is 11.1 Å². The average Bonchev–Trinajstić information content (AvgIpc) is 3.60. The lowest BCUT2D eigenvalue weighted by Crippen LogP contribution is -2.00. The third-order valence-electron chi connectivity index (χ3n) is 7.99. The number of nitrogens with zero attached hydrogens (tertiary/aromatic N) is 5. The Kier molecular flexibility index (Phi) is 7.10. The standard InChI is InChI=1S/C41H25N5O/c42-26-27-19-21-28(22-20-27)35-24-34(25-36-37(35)43-41(47-36)31-15-8-3-9-16-31)32-17-10-18-33(23-32)40-45-38(29-11-4-1-5-12-29)44-39(46-40)30-13-6-2-7-14-30/h1-25H. The fourth-order valence-corrected chi connectivity index (χ4v) is 5.62. The Morgan fingerprint density at radius 1 is 0.426 bits per heavy atom. The van der Waals surface area contributed by atoms with Gasteiger partial charge in [0.1, 0.15) is 5.52 Å². The van der Waals surface area contributed by atoms with Gasteiger partial charge in [-0.1, -0.05) is 109 Å². The number of nitriles is 1. The lowest BCUT2D eigenvalue weighted by Gasteiger charge is -2.11. The normalized spacial score (nSPS) is 11.0. The smallest absolute Gasteiger partial charge is 0.227 e. The molecule has 6 nitrogen and oxygen atoms in total. The molecule has 0 spiro atoms. The fourth-order valence-electron chi connectivity index (χ4n) is 5.62. The van der Waals surface area contributed by atoms with E-state index in [1.807, 2.05) is 133 Å². The summed E-state index contributed by atoms with van der Waals surface area (Å²) in [6.07, 6.45) is 0. The molecule has 0 aliphatic rings. The first-order valence-corrected chi connectivity index (χ1v) is 15.2. The van der Waals surface area contributed by atoms with E-state index < -0.39 is 0 Å². The molecule has 0 saturated heterocycles. The molecule has 6 aromatic carbocycles. The molecule has 0 bridgehead atoms. The van der Waals surface area contributed by atoms with Crippen LogP contribution in [0.5, 0.6) is 0 Å². The Morgan fingerprint density at radius 2 is 0.957 bits per heavy atom. The molecule has 0 amide bonds. The highest BCUT2D eigenvalue weighted by Gasteiger charge is 2.17. The van der Waals surface area contributed by atoms with Crippen LogP contribution in [0.15, 0.2) is 156 Å². The van der Waals surface area contributed by atoms with Gasteiger partial charge in [-0.25, -0.2) is 19.9 Å². The number of benzene rings is 6. The summed E-state index contributed by atoms with van der Waals surface area (Å²) in [6.45, 7) is 0. The molecule has 2 heterocycles. The number of aromatic nitrogens is 4. The van der Waals surface area contributed by atoms with E-state index in [-0.39, 0.29) is 0 Å². The maximum Gasteiger partial charge on any atom is 0.227 e. The number of oxazole rings is 1. The van der Waals surface area contributed by atoms with E-state index in [2.05, 4.69) is 24.3 Å². The largest absolute Gasteiger partial charge is 0.436 e. The minimum atomic E-state index is 0.550. The first-order chi connectivity index (χ1) is 23.2. The zero-order chi connectivity index (χ0) is 31.6. The molecule has 0 radical (unpaired) electrons. The third-order valence-corrected chi connectivity index (χ3v) is 7.99. The van der Waals surface area contributed by atoms with E-state index in [0.29, 0.717) is 34.5 Å². The Labute approximate surface area is 271 Å². The monoisotopic (exact) mass is 603 g/mol. The third kappa shape index (κ3) is 5.54. The summed E-state index contributed by atoms with van der Waals surface area (Å²) < 4.78 is 6.37. The fraction of sp³-hybridized carbons (Fsp3) is 0. The van der Waals surface area contributed by atoms with E-state index >= 15 is 0 Å². The quantitative estimate of drug-likeness (QED) is 0.188. The highest BCUT2D eigenvalue weighted by molar-refractivity contribution is 5.96. The van der Waals surface area contributed by atoms with Crippen LogP contribution in [0.3, 0.4) is 0 Å². The zero-order valence-corrected chi connectivity index (χ0v) is 25.1. The van der Waals surface area contributed by atoms with Crippen molar-refractivity contribution in [2.75, 3.05) is 0 Å². The topological polar surface area (TPSA) is 88.5 Å². The minimum Gasteiger partial charge on any atom is -0.436 e. The van der Waals surface area contributed by atoms with E-state index in [4.69, 9.17) is 24.4 Å². The molecule has 0 atom stereocenters. The summed E-state index contributed by atoms with van der Waals surface area (Å²) in [4.78, 5) is 19.6. The molecular weight excluding hydrogens is 578 g/mol. The Morgan fingerprint density at radius 3 is 1.55 bits per heavy atom. The van der Waals surface area contributed by atoms with Gasteiger partial charge in [0.05, 0.1) is 11.6 Å². The summed E-state index contributed by atoms with van der Waals surface area (Å²) in [5.74, 6) is 2.35. The molecule has 6 heteroatoms. The van der Waals surface area contributed by atoms with E-state index in [1.54, 1.807) is 0 Å². The number of hydrogen-bond donors (Lipinski definition) is 0. The first kappa shape index (κ1) is 27.8. The highest BCUT2D eigenvalue weighted by Crippen LogP contribution is 2.37. The molecule has 220 valence electrons. The molecule has 0 aliphatic heterocycles. The van der Waals surface area contributed by atoms with Gasteiger partial charge in [0.2, 0.25) is 5.89 Å². The van der Waals surface area contributed by atoms with Gasteiger partial charge >= 0.3 is 0 Å². The van der Waals surface area contributed by atoms with Gasteiger partial charge in [-0.15, -0.1) is 0 Å². The van der Waals surface area contributed by atoms with Crippen LogP contribution in [-0.2, 0) is 0 Å². The highest BCUT2D eigenvalue weighted by atomic mass is 16.3. The van der Waals surface area contributed by atoms with Crippen molar-refractivity contribution in [3.8, 4) is 73.9 Å². The van der Waals surface area contributed by atoms with Crippen LogP contribution in [0.2, 0.25) is 0 Å². The Bertz CT molecular complexity index is 2340. The van der Waals surface area contributed by atoms with Crippen LogP contribution in [0.25, 0.3) is 79.0 Å². The molecule has 8 rings (SSSR count). The SMILES string of the molecule is N#Cc1ccc(-c2cc(-c3cccc(-c4nc(-c5ccccc5)nc(-c5ccccc5)n4)c3)cc3oc(-c4ccccc4)nc23)cc1. The van der Waals surface area contributed by atoms with Crippen molar-refractivity contribution in [2.45, 2.75) is 0 Å². The van der Waals surface area contributed by atoms with Crippen LogP contribution in [0.4, 0.5) is 0 Å². The van der Waals surface area contributed by atoms with Gasteiger partial charge in [0.15, 0.2) is 23.1 Å². The van der Waals surface area contributed by atoms with Crippen LogP contribution < -0.4 is 0 Å². The average molecular weight is 604 g/mol. The van der Waals surface area contributed by atoms with Crippen molar-refractivity contribution in [1.29, 1.82) is 5.26 Å². The first-order valence-electron chi connectivity index (χ1n) is 15.2. The Balaban J connectivity index is 1.28. The van der Waals surface area contributed by atoms with Crippen molar-refractivity contribution in [3.63, 3.8) is 0 Å². The van der Waals surface area contributed by atoms with Gasteiger partial charge in [-0.05, 0) is 59.2 Å². The predicted molar refractivity (Wildman–Crippen MR) is 185 cm³/mol. The van der Waals surface area contributed by atoms with Crippen molar-refractivity contribution in [2.24, 2.45) is 0 Å². The molecule has 0 fully saturated rings. The maximum atomic E-state index is 9.39. The molecule has 0 unspecified atom stereocenters. The Hall–Kier alpha value is -6.71. The number of hydrogen-bond acceptors (Lipinski definition) is 6. The van der Waals surface area contributed by atoms with Gasteiger partial charge in [0, 0.05) is 27.8 Å². The molecule has 8 aromatic rings. The van der Waals surface area contributed by atoms with Crippen LogP contribution >= 0.6 is 0 Å². The summed E-state index contributed by atoms with van der Waals surface area (Å²) in [6, 6.07) is 51.9. The summed E-state index contributed by atoms with van der Waals surface area (Å²) in [5, 5.41) is 9.39. The summed E-state index contributed by atoms with van der Waals surface area (Å²) >= 11 is 0. The van der Waals surface area contributed by atoms with Gasteiger partial charge in [0.25, 0.3) is 0 Å². The van der Waals surface area contributed by atoms with Crippen molar-refractivity contribution in [3.05, 3.63) is 157 Å². The summed E-state index contributed by atoms with van der Waals surface area (Å²) in [7, 11) is 0. The number of fused-ring (bicyclic) bond motifs is 1. The molecule has 47 heavy (non-hydrogen) atoms. The van der Waals surface area contributed by atoms with Gasteiger partial charge in [-0.2, -0.15) is 5.26 Å². The molecule has 0 N–H and O–H groups in total. The van der Waals surface area contributed by atoms with Gasteiger partial charge < -0.3 is 4.42 Å². The second-order valence-corrected chi connectivity index (χ2v) is 11.1. The van der Waals surface area contributed by atoms with Crippen molar-refractivity contribution in [1.82, 2.24) is 19.9 Å². The second kappa shape index (κ2) is 12.0. The lowest BCUT2D eigenvalue weighted by atomic mass is 9.96. The van der Waals surface area contributed by atoms with E-state index in [0.717, 1.165) is 50.0 Å². The van der Waals surface area contributed by atoms with Crippen LogP contribution in [0.1, 0.15) is 5.56 Å². The summed E-state index contributed by atoms with van der Waals surface area (Å²) in [5.41, 5.74) is 9.40. The molecule has 2 aromatic heterocycles.